The van der Waals surface area contributed by atoms with Crippen LogP contribution in [0.25, 0.3) is 0 Å². The van der Waals surface area contributed by atoms with Gasteiger partial charge in [0.1, 0.15) is 6.54 Å². The molecule has 22 heavy (non-hydrogen) atoms. The van der Waals surface area contributed by atoms with E-state index in [1.165, 1.54) is 12.1 Å². The number of carbonyl (C=O) groups is 1. The summed E-state index contributed by atoms with van der Waals surface area (Å²) < 4.78 is 25.4. The Hall–Kier alpha value is -2.22. The van der Waals surface area contributed by atoms with Gasteiger partial charge in [0.05, 0.1) is 11.5 Å². The molecule has 0 spiro atoms. The minimum atomic E-state index is -4.04. The molecule has 0 bridgehead atoms. The second-order valence-corrected chi connectivity index (χ2v) is 6.26. The number of sulfonamides is 1. The Kier molecular flexibility index (Phi) is 5.26. The molecule has 0 aliphatic rings. The molecule has 0 radical (unpaired) electrons. The molecule has 0 aliphatic heterocycles. The first-order valence-corrected chi connectivity index (χ1v) is 7.90. The Morgan fingerprint density at radius 2 is 1.55 bits per heavy atom. The SMILES string of the molecule is O=C(O)CN(OCc1ccccc1)S(=O)(=O)c1ccccc1. The van der Waals surface area contributed by atoms with Crippen LogP contribution in [0.5, 0.6) is 0 Å². The minimum absolute atomic E-state index is 0.0238. The van der Waals surface area contributed by atoms with Gasteiger partial charge in [-0.15, -0.1) is 0 Å². The van der Waals surface area contributed by atoms with E-state index in [-0.39, 0.29) is 11.5 Å². The Balaban J connectivity index is 2.20. The summed E-state index contributed by atoms with van der Waals surface area (Å²) in [5.41, 5.74) is 0.737. The van der Waals surface area contributed by atoms with Gasteiger partial charge in [0.25, 0.3) is 10.0 Å². The smallest absolute Gasteiger partial charge is 0.321 e. The van der Waals surface area contributed by atoms with E-state index in [9.17, 15) is 13.2 Å². The lowest BCUT2D eigenvalue weighted by Gasteiger charge is -2.19. The lowest BCUT2D eigenvalue weighted by Crippen LogP contribution is -2.35. The zero-order valence-electron chi connectivity index (χ0n) is 11.6. The highest BCUT2D eigenvalue weighted by Gasteiger charge is 2.27. The number of hydrogen-bond acceptors (Lipinski definition) is 4. The number of benzene rings is 2. The van der Waals surface area contributed by atoms with E-state index < -0.39 is 22.5 Å². The van der Waals surface area contributed by atoms with E-state index in [1.54, 1.807) is 42.5 Å². The number of hydroxylamine groups is 1. The fraction of sp³-hybridized carbons (Fsp3) is 0.133. The van der Waals surface area contributed by atoms with E-state index in [0.717, 1.165) is 5.56 Å². The van der Waals surface area contributed by atoms with Gasteiger partial charge in [-0.1, -0.05) is 53.0 Å². The molecule has 0 saturated heterocycles. The first kappa shape index (κ1) is 16.2. The third kappa shape index (κ3) is 4.14. The fourth-order valence-electron chi connectivity index (χ4n) is 1.74. The summed E-state index contributed by atoms with van der Waals surface area (Å²) in [5, 5.41) is 8.91. The summed E-state index contributed by atoms with van der Waals surface area (Å²) in [6, 6.07) is 16.5. The molecule has 0 saturated carbocycles. The highest BCUT2D eigenvalue weighted by molar-refractivity contribution is 7.89. The molecule has 6 nitrogen and oxygen atoms in total. The van der Waals surface area contributed by atoms with Gasteiger partial charge >= 0.3 is 5.97 Å². The number of carboxylic acid groups (broad SMARTS) is 1. The normalized spacial score (nSPS) is 11.5. The predicted molar refractivity (Wildman–Crippen MR) is 79.2 cm³/mol. The molecule has 0 aromatic heterocycles. The van der Waals surface area contributed by atoms with Crippen LogP contribution in [0.3, 0.4) is 0 Å². The van der Waals surface area contributed by atoms with Crippen LogP contribution in [0.2, 0.25) is 0 Å². The first-order chi connectivity index (χ1) is 10.5. The van der Waals surface area contributed by atoms with Crippen LogP contribution >= 0.6 is 0 Å². The molecule has 0 unspecified atom stereocenters. The molecule has 1 N–H and O–H groups in total. The van der Waals surface area contributed by atoms with Crippen LogP contribution in [-0.2, 0) is 26.3 Å². The van der Waals surface area contributed by atoms with Crippen molar-refractivity contribution in [3.63, 3.8) is 0 Å². The molecular weight excluding hydrogens is 306 g/mol. The van der Waals surface area contributed by atoms with Gasteiger partial charge in [-0.25, -0.2) is 8.42 Å². The molecule has 0 heterocycles. The molecule has 0 fully saturated rings. The summed E-state index contributed by atoms with van der Waals surface area (Å²) in [7, 11) is -4.04. The van der Waals surface area contributed by atoms with Crippen molar-refractivity contribution in [2.45, 2.75) is 11.5 Å². The Morgan fingerprint density at radius 3 is 2.09 bits per heavy atom. The Bertz CT molecular complexity index is 716. The number of rotatable bonds is 7. The Morgan fingerprint density at radius 1 is 1.00 bits per heavy atom. The summed E-state index contributed by atoms with van der Waals surface area (Å²) >= 11 is 0. The van der Waals surface area contributed by atoms with Gasteiger partial charge in [0.15, 0.2) is 0 Å². The van der Waals surface area contributed by atoms with Gasteiger partial charge in [0.2, 0.25) is 0 Å². The highest BCUT2D eigenvalue weighted by atomic mass is 32.2. The van der Waals surface area contributed by atoms with Crippen LogP contribution in [-0.4, -0.2) is 30.5 Å². The van der Waals surface area contributed by atoms with Crippen LogP contribution in [0.1, 0.15) is 5.56 Å². The van der Waals surface area contributed by atoms with Gasteiger partial charge < -0.3 is 5.11 Å². The van der Waals surface area contributed by atoms with Crippen molar-refractivity contribution in [1.82, 2.24) is 4.47 Å². The molecule has 2 aromatic carbocycles. The molecule has 2 rings (SSSR count). The lowest BCUT2D eigenvalue weighted by atomic mass is 10.2. The first-order valence-electron chi connectivity index (χ1n) is 6.46. The van der Waals surface area contributed by atoms with Crippen molar-refractivity contribution in [2.75, 3.05) is 6.54 Å². The average Bonchev–Trinajstić information content (AvgIpc) is 2.53. The summed E-state index contributed by atoms with van der Waals surface area (Å²) in [5.74, 6) is -1.30. The van der Waals surface area contributed by atoms with E-state index in [0.29, 0.717) is 4.47 Å². The van der Waals surface area contributed by atoms with Crippen LogP contribution in [0.15, 0.2) is 65.6 Å². The van der Waals surface area contributed by atoms with Crippen molar-refractivity contribution in [3.05, 3.63) is 66.2 Å². The molecule has 116 valence electrons. The maximum Gasteiger partial charge on any atom is 0.321 e. The van der Waals surface area contributed by atoms with E-state index >= 15 is 0 Å². The van der Waals surface area contributed by atoms with Crippen LogP contribution in [0, 0.1) is 0 Å². The van der Waals surface area contributed by atoms with E-state index in [4.69, 9.17) is 9.94 Å². The van der Waals surface area contributed by atoms with Gasteiger partial charge in [0, 0.05) is 0 Å². The molecular formula is C15H15NO5S. The Labute approximate surface area is 128 Å². The zero-order valence-corrected chi connectivity index (χ0v) is 12.4. The lowest BCUT2D eigenvalue weighted by molar-refractivity contribution is -0.151. The molecule has 7 heteroatoms. The molecule has 0 atom stereocenters. The van der Waals surface area contributed by atoms with Gasteiger partial charge in [-0.3, -0.25) is 9.63 Å². The third-order valence-corrected chi connectivity index (χ3v) is 4.43. The monoisotopic (exact) mass is 321 g/mol. The van der Waals surface area contributed by atoms with Crippen molar-refractivity contribution in [3.8, 4) is 0 Å². The van der Waals surface area contributed by atoms with E-state index in [2.05, 4.69) is 0 Å². The largest absolute Gasteiger partial charge is 0.480 e. The third-order valence-electron chi connectivity index (χ3n) is 2.79. The molecule has 0 aliphatic carbocycles. The van der Waals surface area contributed by atoms with Crippen molar-refractivity contribution in [1.29, 1.82) is 0 Å². The van der Waals surface area contributed by atoms with E-state index in [1.807, 2.05) is 6.07 Å². The average molecular weight is 321 g/mol. The number of aliphatic carboxylic acids is 1. The van der Waals surface area contributed by atoms with Crippen LogP contribution in [0.4, 0.5) is 0 Å². The standard InChI is InChI=1S/C15H15NO5S/c17-15(18)11-16(21-12-13-7-3-1-4-8-13)22(19,20)14-9-5-2-6-10-14/h1-10H,11-12H2,(H,17,18). The summed E-state index contributed by atoms with van der Waals surface area (Å²) in [6.45, 7) is -0.815. The highest BCUT2D eigenvalue weighted by Crippen LogP contribution is 2.16. The van der Waals surface area contributed by atoms with Gasteiger partial charge in [-0.05, 0) is 17.7 Å². The predicted octanol–water partition coefficient (Wildman–Crippen LogP) is 1.89. The zero-order chi connectivity index (χ0) is 16.0. The summed E-state index contributed by atoms with van der Waals surface area (Å²) in [6.07, 6.45) is 0. The fourth-order valence-corrected chi connectivity index (χ4v) is 2.95. The topological polar surface area (TPSA) is 83.9 Å². The maximum atomic E-state index is 12.4. The summed E-state index contributed by atoms with van der Waals surface area (Å²) in [4.78, 5) is 16.1. The van der Waals surface area contributed by atoms with Gasteiger partial charge in [-0.2, -0.15) is 0 Å². The second kappa shape index (κ2) is 7.17. The quantitative estimate of drug-likeness (QED) is 0.787. The minimum Gasteiger partial charge on any atom is -0.480 e. The second-order valence-electron chi connectivity index (χ2n) is 4.43. The van der Waals surface area contributed by atoms with Crippen molar-refractivity contribution >= 4 is 16.0 Å². The number of hydrogen-bond donors (Lipinski definition) is 1. The van der Waals surface area contributed by atoms with Crippen molar-refractivity contribution in [2.24, 2.45) is 0 Å². The molecule has 2 aromatic rings. The number of carboxylic acids is 1. The molecule has 0 amide bonds. The van der Waals surface area contributed by atoms with Crippen molar-refractivity contribution < 1.29 is 23.2 Å². The maximum absolute atomic E-state index is 12.4. The van der Waals surface area contributed by atoms with Crippen LogP contribution < -0.4 is 0 Å². The number of nitrogens with zero attached hydrogens (tertiary/aromatic N) is 1.